The molecule has 7 heteroatoms. The van der Waals surface area contributed by atoms with Crippen molar-refractivity contribution in [1.29, 1.82) is 0 Å². The summed E-state index contributed by atoms with van der Waals surface area (Å²) in [7, 11) is 2.04. The highest BCUT2D eigenvalue weighted by Gasteiger charge is 2.29. The first-order valence-electron chi connectivity index (χ1n) is 6.33. The smallest absolute Gasteiger partial charge is 0.316 e. The van der Waals surface area contributed by atoms with Gasteiger partial charge in [0.25, 0.3) is 0 Å². The summed E-state index contributed by atoms with van der Waals surface area (Å²) in [5, 5.41) is 11.4. The number of nitro groups is 1. The first kappa shape index (κ1) is 14.8. The van der Waals surface area contributed by atoms with Gasteiger partial charge >= 0.3 is 5.70 Å². The van der Waals surface area contributed by atoms with E-state index in [2.05, 4.69) is 20.8 Å². The van der Waals surface area contributed by atoms with E-state index in [1.165, 1.54) is 0 Å². The van der Waals surface area contributed by atoms with Crippen molar-refractivity contribution in [3.05, 3.63) is 56.0 Å². The largest absolute Gasteiger partial charge is 0.392 e. The van der Waals surface area contributed by atoms with E-state index in [1.807, 2.05) is 18.0 Å². The summed E-state index contributed by atoms with van der Waals surface area (Å²) in [6.07, 6.45) is 7.07. The third-order valence-corrected chi connectivity index (χ3v) is 4.08. The quantitative estimate of drug-likeness (QED) is 0.607. The van der Waals surface area contributed by atoms with Crippen molar-refractivity contribution in [3.63, 3.8) is 0 Å². The molecule has 0 aromatic heterocycles. The monoisotopic (exact) mass is 340 g/mol. The van der Waals surface area contributed by atoms with Gasteiger partial charge in [-0.25, -0.2) is 0 Å². The van der Waals surface area contributed by atoms with Crippen LogP contribution in [0.15, 0.2) is 45.9 Å². The Labute approximate surface area is 126 Å². The van der Waals surface area contributed by atoms with Crippen molar-refractivity contribution >= 4 is 15.9 Å². The van der Waals surface area contributed by atoms with Gasteiger partial charge in [-0.05, 0) is 35.1 Å². The molecule has 0 aromatic carbocycles. The molecule has 0 saturated carbocycles. The van der Waals surface area contributed by atoms with Crippen LogP contribution >= 0.6 is 15.9 Å². The van der Waals surface area contributed by atoms with Gasteiger partial charge in [0, 0.05) is 30.7 Å². The van der Waals surface area contributed by atoms with E-state index < -0.39 is 4.92 Å². The van der Waals surface area contributed by atoms with E-state index in [9.17, 15) is 10.1 Å². The Kier molecular flexibility index (Phi) is 4.61. The lowest BCUT2D eigenvalue weighted by Gasteiger charge is -2.34. The van der Waals surface area contributed by atoms with Gasteiger partial charge in [-0.2, -0.15) is 0 Å². The number of hydrogen-bond acceptors (Lipinski definition) is 5. The molecule has 0 radical (unpaired) electrons. The fourth-order valence-corrected chi connectivity index (χ4v) is 2.54. The predicted octanol–water partition coefficient (Wildman–Crippen LogP) is 1.41. The van der Waals surface area contributed by atoms with Gasteiger partial charge in [0.05, 0.1) is 4.92 Å². The minimum Gasteiger partial charge on any atom is -0.392 e. The zero-order valence-electron chi connectivity index (χ0n) is 11.3. The number of nitrogens with zero attached hydrogens (tertiary/aromatic N) is 3. The SMILES string of the molecule is CN1CCN(C2=C\C=C\C=C(Br)/C(N)=C\2[N+](=O)[O-])CC1. The molecular weight excluding hydrogens is 324 g/mol. The predicted molar refractivity (Wildman–Crippen MR) is 81.5 cm³/mol. The molecule has 0 amide bonds. The Bertz CT molecular complexity index is 528. The van der Waals surface area contributed by atoms with Gasteiger partial charge < -0.3 is 15.5 Å². The van der Waals surface area contributed by atoms with Crippen LogP contribution in [-0.4, -0.2) is 47.9 Å². The van der Waals surface area contributed by atoms with Gasteiger partial charge in [-0.1, -0.05) is 12.2 Å². The molecular formula is C13H17BrN4O2. The third kappa shape index (κ3) is 3.10. The lowest BCUT2D eigenvalue weighted by Crippen LogP contribution is -2.44. The lowest BCUT2D eigenvalue weighted by atomic mass is 10.1. The number of piperazine rings is 1. The van der Waals surface area contributed by atoms with E-state index in [0.29, 0.717) is 10.2 Å². The maximum absolute atomic E-state index is 11.4. The fraction of sp³-hybridized carbons (Fsp3) is 0.385. The molecule has 1 saturated heterocycles. The van der Waals surface area contributed by atoms with Gasteiger partial charge in [0.2, 0.25) is 0 Å². The average Bonchev–Trinajstić information content (AvgIpc) is 2.40. The van der Waals surface area contributed by atoms with Crippen molar-refractivity contribution < 1.29 is 4.92 Å². The van der Waals surface area contributed by atoms with Gasteiger partial charge in [-0.15, -0.1) is 0 Å². The van der Waals surface area contributed by atoms with Gasteiger partial charge in [0.15, 0.2) is 0 Å². The van der Waals surface area contributed by atoms with Crippen molar-refractivity contribution in [3.8, 4) is 0 Å². The molecule has 2 aliphatic rings. The van der Waals surface area contributed by atoms with Crippen molar-refractivity contribution in [2.75, 3.05) is 33.2 Å². The molecule has 2 rings (SSSR count). The molecule has 0 aromatic rings. The minimum absolute atomic E-state index is 0.0398. The zero-order chi connectivity index (χ0) is 14.7. The topological polar surface area (TPSA) is 75.6 Å². The lowest BCUT2D eigenvalue weighted by molar-refractivity contribution is -0.423. The second kappa shape index (κ2) is 6.23. The van der Waals surface area contributed by atoms with Crippen LogP contribution in [0.25, 0.3) is 0 Å². The molecule has 1 aliphatic heterocycles. The summed E-state index contributed by atoms with van der Waals surface area (Å²) in [5.74, 6) is 0. The molecule has 0 unspecified atom stereocenters. The van der Waals surface area contributed by atoms with Crippen LogP contribution in [0.1, 0.15) is 0 Å². The maximum atomic E-state index is 11.4. The van der Waals surface area contributed by atoms with Crippen molar-refractivity contribution in [1.82, 2.24) is 9.80 Å². The van der Waals surface area contributed by atoms with E-state index in [1.54, 1.807) is 18.2 Å². The Morgan fingerprint density at radius 2 is 1.85 bits per heavy atom. The van der Waals surface area contributed by atoms with E-state index in [4.69, 9.17) is 5.73 Å². The molecule has 1 aliphatic carbocycles. The summed E-state index contributed by atoms with van der Waals surface area (Å²) in [6, 6.07) is 0. The Balaban J connectivity index is 2.40. The normalized spacial score (nSPS) is 31.6. The highest BCUT2D eigenvalue weighted by molar-refractivity contribution is 9.12. The molecule has 2 N–H and O–H groups in total. The maximum Gasteiger partial charge on any atom is 0.316 e. The second-order valence-corrected chi connectivity index (χ2v) is 5.62. The molecule has 20 heavy (non-hydrogen) atoms. The zero-order valence-corrected chi connectivity index (χ0v) is 12.8. The molecule has 1 fully saturated rings. The number of rotatable bonds is 2. The molecule has 0 spiro atoms. The highest BCUT2D eigenvalue weighted by Crippen LogP contribution is 2.26. The van der Waals surface area contributed by atoms with Crippen LogP contribution in [0.2, 0.25) is 0 Å². The molecule has 0 bridgehead atoms. The van der Waals surface area contributed by atoms with Crippen LogP contribution in [0.3, 0.4) is 0 Å². The van der Waals surface area contributed by atoms with Crippen molar-refractivity contribution in [2.24, 2.45) is 5.73 Å². The first-order valence-corrected chi connectivity index (χ1v) is 7.12. The highest BCUT2D eigenvalue weighted by atomic mass is 79.9. The van der Waals surface area contributed by atoms with Crippen LogP contribution in [0, 0.1) is 10.1 Å². The molecule has 108 valence electrons. The number of halogens is 1. The summed E-state index contributed by atoms with van der Waals surface area (Å²) in [6.45, 7) is 3.26. The van der Waals surface area contributed by atoms with Crippen LogP contribution < -0.4 is 5.73 Å². The van der Waals surface area contributed by atoms with E-state index >= 15 is 0 Å². The molecule has 1 heterocycles. The van der Waals surface area contributed by atoms with E-state index in [0.717, 1.165) is 26.2 Å². The summed E-state index contributed by atoms with van der Waals surface area (Å²) in [5.41, 5.74) is 6.62. The van der Waals surface area contributed by atoms with E-state index in [-0.39, 0.29) is 11.4 Å². The second-order valence-electron chi connectivity index (χ2n) is 4.76. The minimum atomic E-state index is -0.409. The van der Waals surface area contributed by atoms with Gasteiger partial charge in [0.1, 0.15) is 11.4 Å². The summed E-state index contributed by atoms with van der Waals surface area (Å²) < 4.78 is 0.528. The fourth-order valence-electron chi connectivity index (χ4n) is 2.20. The van der Waals surface area contributed by atoms with Crippen LogP contribution in [0.5, 0.6) is 0 Å². The Morgan fingerprint density at radius 1 is 1.25 bits per heavy atom. The number of nitrogens with two attached hydrogens (primary N) is 1. The average molecular weight is 341 g/mol. The van der Waals surface area contributed by atoms with Crippen LogP contribution in [0.4, 0.5) is 0 Å². The molecule has 6 nitrogen and oxygen atoms in total. The summed E-state index contributed by atoms with van der Waals surface area (Å²) in [4.78, 5) is 15.2. The Hall–Kier alpha value is -1.60. The van der Waals surface area contributed by atoms with Crippen LogP contribution in [-0.2, 0) is 0 Å². The first-order chi connectivity index (χ1) is 9.50. The summed E-state index contributed by atoms with van der Waals surface area (Å²) >= 11 is 3.28. The number of likely N-dealkylation sites (N-methyl/N-ethyl adjacent to an activating group) is 1. The number of allylic oxidation sites excluding steroid dienone is 5. The standard InChI is InChI=1S/C13H17BrN4O2/c1-16-6-8-17(9-7-16)11-5-3-2-4-10(14)12(15)13(11)18(19)20/h2-5H,6-9,15H2,1H3/b3-2+,4-2?,5-3?,10-4+,11-5-,12-10?,13-11?,13-12-. The van der Waals surface area contributed by atoms with Gasteiger partial charge in [-0.3, -0.25) is 10.1 Å². The molecule has 0 atom stereocenters. The number of hydrogen-bond donors (Lipinski definition) is 1. The third-order valence-electron chi connectivity index (χ3n) is 3.39. The van der Waals surface area contributed by atoms with Crippen molar-refractivity contribution in [2.45, 2.75) is 0 Å². The Morgan fingerprint density at radius 3 is 2.45 bits per heavy atom.